The fraction of sp³-hybridized carbons (Fsp3) is 0.368. The molecule has 0 aromatic heterocycles. The molecule has 0 saturated carbocycles. The van der Waals surface area contributed by atoms with Gasteiger partial charge in [0.1, 0.15) is 11.5 Å². The summed E-state index contributed by atoms with van der Waals surface area (Å²) in [5.41, 5.74) is 1.04. The Bertz CT molecular complexity index is 969. The summed E-state index contributed by atoms with van der Waals surface area (Å²) in [5, 5.41) is 11.2. The topological polar surface area (TPSA) is 83.8 Å². The number of anilines is 1. The quantitative estimate of drug-likeness (QED) is 0.561. The van der Waals surface area contributed by atoms with E-state index in [1.54, 1.807) is 17.0 Å². The van der Waals surface area contributed by atoms with E-state index in [9.17, 15) is 22.9 Å². The molecule has 7 nitrogen and oxygen atoms in total. The van der Waals surface area contributed by atoms with Crippen LogP contribution in [0.3, 0.4) is 0 Å². The maximum Gasteiger partial charge on any atom is 0.295 e. The van der Waals surface area contributed by atoms with E-state index in [0.717, 1.165) is 11.6 Å². The number of nitrogens with zero attached hydrogens (tertiary/aromatic N) is 3. The highest BCUT2D eigenvalue weighted by Gasteiger charge is 2.30. The molecule has 0 radical (unpaired) electrons. The van der Waals surface area contributed by atoms with Crippen LogP contribution in [0.25, 0.3) is 0 Å². The first-order valence-electron chi connectivity index (χ1n) is 8.99. The maximum atomic E-state index is 13.3. The predicted octanol–water partition coefficient (Wildman–Crippen LogP) is 3.37. The fourth-order valence-corrected chi connectivity index (χ4v) is 4.68. The molecule has 1 fully saturated rings. The van der Waals surface area contributed by atoms with Crippen LogP contribution >= 0.6 is 0 Å². The Morgan fingerprint density at radius 1 is 1.04 bits per heavy atom. The Balaban J connectivity index is 1.75. The predicted molar refractivity (Wildman–Crippen MR) is 105 cm³/mol. The number of nitro benzene ring substituents is 1. The SMILES string of the molecule is CC(C)c1ccc(S(=O)(=O)N2CCN(c3ccc(F)cc3[N+](=O)[O-])CC2)cc1. The van der Waals surface area contributed by atoms with Crippen LogP contribution in [0.1, 0.15) is 25.3 Å². The first-order valence-corrected chi connectivity index (χ1v) is 10.4. The van der Waals surface area contributed by atoms with E-state index < -0.39 is 20.8 Å². The lowest BCUT2D eigenvalue weighted by atomic mass is 10.0. The number of hydrogen-bond acceptors (Lipinski definition) is 5. The van der Waals surface area contributed by atoms with Crippen molar-refractivity contribution in [2.75, 3.05) is 31.1 Å². The molecule has 1 heterocycles. The number of sulfonamides is 1. The molecular weight excluding hydrogens is 385 g/mol. The third-order valence-electron chi connectivity index (χ3n) is 4.90. The van der Waals surface area contributed by atoms with Crippen molar-refractivity contribution in [3.05, 3.63) is 64.0 Å². The maximum absolute atomic E-state index is 13.3. The summed E-state index contributed by atoms with van der Waals surface area (Å²) in [4.78, 5) is 12.5. The Hall–Kier alpha value is -2.52. The normalized spacial score (nSPS) is 15.8. The van der Waals surface area contributed by atoms with Crippen LogP contribution in [0.5, 0.6) is 0 Å². The minimum atomic E-state index is -3.63. The minimum Gasteiger partial charge on any atom is -0.363 e. The van der Waals surface area contributed by atoms with Gasteiger partial charge in [-0.1, -0.05) is 26.0 Å². The highest BCUT2D eigenvalue weighted by Crippen LogP contribution is 2.30. The zero-order chi connectivity index (χ0) is 20.5. The summed E-state index contributed by atoms with van der Waals surface area (Å²) in [5.74, 6) is -0.367. The summed E-state index contributed by atoms with van der Waals surface area (Å²) < 4.78 is 40.5. The molecule has 1 aliphatic rings. The molecule has 0 N–H and O–H groups in total. The van der Waals surface area contributed by atoms with E-state index in [1.165, 1.54) is 16.4 Å². The highest BCUT2D eigenvalue weighted by atomic mass is 32.2. The Labute approximate surface area is 163 Å². The molecule has 2 aromatic carbocycles. The molecule has 3 rings (SSSR count). The van der Waals surface area contributed by atoms with Crippen molar-refractivity contribution in [3.8, 4) is 0 Å². The number of rotatable bonds is 5. The molecule has 0 atom stereocenters. The van der Waals surface area contributed by atoms with Crippen molar-refractivity contribution in [1.29, 1.82) is 0 Å². The van der Waals surface area contributed by atoms with Crippen molar-refractivity contribution in [3.63, 3.8) is 0 Å². The van der Waals surface area contributed by atoms with E-state index >= 15 is 0 Å². The molecule has 0 aliphatic carbocycles. The van der Waals surface area contributed by atoms with Gasteiger partial charge in [0.15, 0.2) is 0 Å². The van der Waals surface area contributed by atoms with Gasteiger partial charge in [-0.05, 0) is 35.7 Å². The molecule has 9 heteroatoms. The van der Waals surface area contributed by atoms with Crippen molar-refractivity contribution >= 4 is 21.4 Å². The van der Waals surface area contributed by atoms with Crippen molar-refractivity contribution in [2.45, 2.75) is 24.7 Å². The van der Waals surface area contributed by atoms with Gasteiger partial charge in [-0.25, -0.2) is 12.8 Å². The first kappa shape index (κ1) is 20.2. The van der Waals surface area contributed by atoms with Crippen LogP contribution in [0.15, 0.2) is 47.4 Å². The largest absolute Gasteiger partial charge is 0.363 e. The van der Waals surface area contributed by atoms with Crippen LogP contribution in [-0.4, -0.2) is 43.8 Å². The van der Waals surface area contributed by atoms with Crippen LogP contribution < -0.4 is 4.90 Å². The fourth-order valence-electron chi connectivity index (χ4n) is 3.25. The third-order valence-corrected chi connectivity index (χ3v) is 6.81. The van der Waals surface area contributed by atoms with Gasteiger partial charge in [-0.3, -0.25) is 10.1 Å². The van der Waals surface area contributed by atoms with Crippen molar-refractivity contribution in [1.82, 2.24) is 4.31 Å². The van der Waals surface area contributed by atoms with Crippen LogP contribution in [0, 0.1) is 15.9 Å². The lowest BCUT2D eigenvalue weighted by Crippen LogP contribution is -2.48. The second-order valence-corrected chi connectivity index (χ2v) is 8.94. The summed E-state index contributed by atoms with van der Waals surface area (Å²) in [7, 11) is -3.63. The van der Waals surface area contributed by atoms with Gasteiger partial charge in [-0.2, -0.15) is 4.31 Å². The standard InChI is InChI=1S/C19H22FN3O4S/c1-14(2)15-3-6-17(7-4-15)28(26,27)22-11-9-21(10-12-22)18-8-5-16(20)13-19(18)23(24)25/h3-8,13-14H,9-12H2,1-2H3. The molecule has 1 aliphatic heterocycles. The second kappa shape index (κ2) is 7.84. The zero-order valence-corrected chi connectivity index (χ0v) is 16.5. The zero-order valence-electron chi connectivity index (χ0n) is 15.7. The van der Waals surface area contributed by atoms with Crippen molar-refractivity contribution in [2.24, 2.45) is 0 Å². The molecular formula is C19H22FN3O4S. The minimum absolute atomic E-state index is 0.197. The average Bonchev–Trinajstić information content (AvgIpc) is 2.68. The van der Waals surface area contributed by atoms with Gasteiger partial charge < -0.3 is 4.90 Å². The van der Waals surface area contributed by atoms with E-state index in [4.69, 9.17) is 0 Å². The molecule has 28 heavy (non-hydrogen) atoms. The lowest BCUT2D eigenvalue weighted by Gasteiger charge is -2.35. The second-order valence-electron chi connectivity index (χ2n) is 7.01. The van der Waals surface area contributed by atoms with E-state index in [2.05, 4.69) is 0 Å². The molecule has 0 unspecified atom stereocenters. The van der Waals surface area contributed by atoms with Gasteiger partial charge in [-0.15, -0.1) is 0 Å². The van der Waals surface area contributed by atoms with Crippen LogP contribution in [0.2, 0.25) is 0 Å². The molecule has 0 spiro atoms. The van der Waals surface area contributed by atoms with E-state index in [0.29, 0.717) is 11.6 Å². The average molecular weight is 407 g/mol. The summed E-state index contributed by atoms with van der Waals surface area (Å²) in [6.45, 7) is 5.05. The van der Waals surface area contributed by atoms with E-state index in [1.807, 2.05) is 26.0 Å². The molecule has 1 saturated heterocycles. The highest BCUT2D eigenvalue weighted by molar-refractivity contribution is 7.89. The number of piperazine rings is 1. The summed E-state index contributed by atoms with van der Waals surface area (Å²) in [6, 6.07) is 10.3. The Morgan fingerprint density at radius 3 is 2.18 bits per heavy atom. The summed E-state index contributed by atoms with van der Waals surface area (Å²) in [6.07, 6.45) is 0. The molecule has 0 bridgehead atoms. The number of halogens is 1. The van der Waals surface area contributed by atoms with Crippen LogP contribution in [0.4, 0.5) is 15.8 Å². The smallest absolute Gasteiger partial charge is 0.295 e. The van der Waals surface area contributed by atoms with Crippen LogP contribution in [-0.2, 0) is 10.0 Å². The van der Waals surface area contributed by atoms with Gasteiger partial charge in [0.25, 0.3) is 5.69 Å². The lowest BCUT2D eigenvalue weighted by molar-refractivity contribution is -0.384. The molecule has 150 valence electrons. The van der Waals surface area contributed by atoms with Gasteiger partial charge in [0, 0.05) is 26.2 Å². The number of hydrogen-bond donors (Lipinski definition) is 0. The molecule has 0 amide bonds. The van der Waals surface area contributed by atoms with E-state index in [-0.39, 0.29) is 36.8 Å². The number of benzene rings is 2. The van der Waals surface area contributed by atoms with Gasteiger partial charge in [0.2, 0.25) is 10.0 Å². The van der Waals surface area contributed by atoms with Gasteiger partial charge >= 0.3 is 0 Å². The first-order chi connectivity index (χ1) is 13.2. The number of nitro groups is 1. The Morgan fingerprint density at radius 2 is 1.64 bits per heavy atom. The molecule has 2 aromatic rings. The third kappa shape index (κ3) is 4.00. The monoisotopic (exact) mass is 407 g/mol. The van der Waals surface area contributed by atoms with Crippen molar-refractivity contribution < 1.29 is 17.7 Å². The summed E-state index contributed by atoms with van der Waals surface area (Å²) >= 11 is 0. The van der Waals surface area contributed by atoms with Gasteiger partial charge in [0.05, 0.1) is 15.9 Å². The Kier molecular flexibility index (Phi) is 5.66.